The van der Waals surface area contributed by atoms with Crippen LogP contribution in [0.1, 0.15) is 5.56 Å². The molecular weight excluding hydrogens is 164 g/mol. The van der Waals surface area contributed by atoms with Gasteiger partial charge in [-0.15, -0.1) is 0 Å². The Balaban J connectivity index is 3.37. The van der Waals surface area contributed by atoms with Crippen molar-refractivity contribution in [2.24, 2.45) is 0 Å². The highest BCUT2D eigenvalue weighted by atomic mass is 32.2. The molecule has 0 unspecified atom stereocenters. The van der Waals surface area contributed by atoms with Crippen LogP contribution in [0.3, 0.4) is 0 Å². The van der Waals surface area contributed by atoms with Gasteiger partial charge in [-0.1, -0.05) is 18.2 Å². The van der Waals surface area contributed by atoms with E-state index in [0.29, 0.717) is 5.56 Å². The van der Waals surface area contributed by atoms with Gasteiger partial charge in [-0.25, -0.2) is 0 Å². The summed E-state index contributed by atoms with van der Waals surface area (Å²) in [6.45, 7) is 3.45. The highest BCUT2D eigenvalue weighted by Gasteiger charge is 2.10. The first-order valence-corrected chi connectivity index (χ1v) is 4.34. The van der Waals surface area contributed by atoms with E-state index < -0.39 is 10.1 Å². The second-order valence-electron chi connectivity index (χ2n) is 2.08. The van der Waals surface area contributed by atoms with Gasteiger partial charge in [0.15, 0.2) is 0 Å². The van der Waals surface area contributed by atoms with E-state index in [1.54, 1.807) is 6.07 Å². The molecule has 59 valence electrons. The summed E-state index contributed by atoms with van der Waals surface area (Å²) in [5, 5.41) is 0. The number of hydrogen-bond donors (Lipinski definition) is 1. The van der Waals surface area contributed by atoms with E-state index in [4.69, 9.17) is 4.55 Å². The van der Waals surface area contributed by atoms with Crippen LogP contribution in [0.2, 0.25) is 0 Å². The maximum atomic E-state index is 10.6. The van der Waals surface area contributed by atoms with Gasteiger partial charge in [0.25, 0.3) is 10.1 Å². The van der Waals surface area contributed by atoms with E-state index in [9.17, 15) is 8.42 Å². The molecule has 1 rings (SSSR count). The fourth-order valence-corrected chi connectivity index (χ4v) is 1.41. The van der Waals surface area contributed by atoms with Crippen molar-refractivity contribution in [2.45, 2.75) is 4.90 Å². The van der Waals surface area contributed by atoms with Crippen LogP contribution < -0.4 is 0 Å². The molecule has 4 heteroatoms. The van der Waals surface area contributed by atoms with Crippen LogP contribution in [0.5, 0.6) is 0 Å². The zero-order valence-corrected chi connectivity index (χ0v) is 6.50. The number of hydrogen-bond acceptors (Lipinski definition) is 2. The molecule has 0 amide bonds. The molecule has 0 spiro atoms. The summed E-state index contributed by atoms with van der Waals surface area (Å²) in [5.41, 5.74) is 0.301. The normalized spacial score (nSPS) is 11.5. The molecule has 0 aliphatic rings. The zero-order chi connectivity index (χ0) is 8.48. The van der Waals surface area contributed by atoms with Gasteiger partial charge in [0.2, 0.25) is 0 Å². The standard InChI is InChI=1S/C7H7O3S/c1-6-4-2-3-5-7(6)11(8,9)10/h2-5H,1H2,(H,8,9,10). The van der Waals surface area contributed by atoms with Crippen molar-refractivity contribution in [3.8, 4) is 0 Å². The van der Waals surface area contributed by atoms with Gasteiger partial charge in [0.05, 0.1) is 4.90 Å². The Morgan fingerprint density at radius 1 is 1.27 bits per heavy atom. The van der Waals surface area contributed by atoms with Crippen molar-refractivity contribution in [2.75, 3.05) is 0 Å². The van der Waals surface area contributed by atoms with Crippen molar-refractivity contribution >= 4 is 10.1 Å². The molecule has 0 aliphatic carbocycles. The van der Waals surface area contributed by atoms with Gasteiger partial charge in [-0.05, 0) is 18.6 Å². The molecule has 1 aromatic carbocycles. The highest BCUT2D eigenvalue weighted by molar-refractivity contribution is 7.85. The van der Waals surface area contributed by atoms with Crippen LogP contribution >= 0.6 is 0 Å². The molecular formula is C7H7O3S. The minimum absolute atomic E-state index is 0.139. The summed E-state index contributed by atoms with van der Waals surface area (Å²) in [4.78, 5) is -0.139. The molecule has 0 atom stereocenters. The van der Waals surface area contributed by atoms with Gasteiger partial charge in [0.1, 0.15) is 0 Å². The largest absolute Gasteiger partial charge is 0.294 e. The Morgan fingerprint density at radius 2 is 1.82 bits per heavy atom. The van der Waals surface area contributed by atoms with Gasteiger partial charge < -0.3 is 0 Å². The van der Waals surface area contributed by atoms with Crippen LogP contribution in [0, 0.1) is 6.92 Å². The first-order chi connectivity index (χ1) is 5.02. The third-order valence-electron chi connectivity index (χ3n) is 1.25. The lowest BCUT2D eigenvalue weighted by Gasteiger charge is -1.98. The van der Waals surface area contributed by atoms with Gasteiger partial charge in [-0.3, -0.25) is 4.55 Å². The molecule has 1 radical (unpaired) electrons. The number of benzene rings is 1. The summed E-state index contributed by atoms with van der Waals surface area (Å²) in [5.74, 6) is 0. The van der Waals surface area contributed by atoms with E-state index in [-0.39, 0.29) is 4.90 Å². The first kappa shape index (κ1) is 8.23. The molecule has 0 aliphatic heterocycles. The quantitative estimate of drug-likeness (QED) is 0.644. The van der Waals surface area contributed by atoms with Crippen molar-refractivity contribution < 1.29 is 13.0 Å². The van der Waals surface area contributed by atoms with E-state index >= 15 is 0 Å². The van der Waals surface area contributed by atoms with E-state index in [0.717, 1.165) is 0 Å². The predicted octanol–water partition coefficient (Wildman–Crippen LogP) is 1.12. The summed E-state index contributed by atoms with van der Waals surface area (Å²) < 4.78 is 29.7. The molecule has 0 heterocycles. The maximum Gasteiger partial charge on any atom is 0.294 e. The molecule has 1 N–H and O–H groups in total. The first-order valence-electron chi connectivity index (χ1n) is 2.90. The third kappa shape index (κ3) is 1.78. The molecule has 1 aromatic rings. The maximum absolute atomic E-state index is 10.6. The summed E-state index contributed by atoms with van der Waals surface area (Å²) in [6, 6.07) is 6.00. The van der Waals surface area contributed by atoms with Crippen LogP contribution in [-0.2, 0) is 10.1 Å². The highest BCUT2D eigenvalue weighted by Crippen LogP contribution is 2.12. The van der Waals surface area contributed by atoms with Crippen LogP contribution in [0.4, 0.5) is 0 Å². The smallest absolute Gasteiger partial charge is 0.282 e. The summed E-state index contributed by atoms with van der Waals surface area (Å²) in [7, 11) is -4.10. The second kappa shape index (κ2) is 2.64. The lowest BCUT2D eigenvalue weighted by molar-refractivity contribution is 0.483. The fraction of sp³-hybridized carbons (Fsp3) is 0. The molecule has 11 heavy (non-hydrogen) atoms. The molecule has 0 fully saturated rings. The Bertz CT molecular complexity index is 354. The van der Waals surface area contributed by atoms with Crippen molar-refractivity contribution in [1.29, 1.82) is 0 Å². The van der Waals surface area contributed by atoms with Crippen molar-refractivity contribution in [3.05, 3.63) is 36.8 Å². The van der Waals surface area contributed by atoms with Crippen LogP contribution in [0.15, 0.2) is 29.2 Å². The Hall–Kier alpha value is -0.870. The lowest BCUT2D eigenvalue weighted by Crippen LogP contribution is -1.99. The zero-order valence-electron chi connectivity index (χ0n) is 5.69. The third-order valence-corrected chi connectivity index (χ3v) is 2.20. The Kier molecular flexibility index (Phi) is 1.97. The van der Waals surface area contributed by atoms with Crippen LogP contribution in [0.25, 0.3) is 0 Å². The Labute approximate surface area is 65.4 Å². The predicted molar refractivity (Wildman–Crippen MR) is 40.7 cm³/mol. The average Bonchev–Trinajstić information content (AvgIpc) is 1.86. The second-order valence-corrected chi connectivity index (χ2v) is 3.47. The minimum Gasteiger partial charge on any atom is -0.282 e. The van der Waals surface area contributed by atoms with E-state index in [1.165, 1.54) is 18.2 Å². The van der Waals surface area contributed by atoms with Gasteiger partial charge in [-0.2, -0.15) is 8.42 Å². The van der Waals surface area contributed by atoms with Crippen LogP contribution in [-0.4, -0.2) is 13.0 Å². The molecule has 0 aromatic heterocycles. The summed E-state index contributed by atoms with van der Waals surface area (Å²) in [6.07, 6.45) is 0. The van der Waals surface area contributed by atoms with Gasteiger partial charge in [0, 0.05) is 0 Å². The fourth-order valence-electron chi connectivity index (χ4n) is 0.755. The molecule has 0 saturated heterocycles. The Morgan fingerprint density at radius 3 is 2.18 bits per heavy atom. The van der Waals surface area contributed by atoms with E-state index in [1.807, 2.05) is 0 Å². The summed E-state index contributed by atoms with van der Waals surface area (Å²) >= 11 is 0. The monoisotopic (exact) mass is 171 g/mol. The number of rotatable bonds is 1. The molecule has 0 bridgehead atoms. The lowest BCUT2D eigenvalue weighted by atomic mass is 10.2. The minimum atomic E-state index is -4.10. The molecule has 0 saturated carbocycles. The van der Waals surface area contributed by atoms with Crippen molar-refractivity contribution in [1.82, 2.24) is 0 Å². The van der Waals surface area contributed by atoms with Gasteiger partial charge >= 0.3 is 0 Å². The molecule has 3 nitrogen and oxygen atoms in total. The SMILES string of the molecule is [CH2]c1ccccc1S(=O)(=O)O. The average molecular weight is 171 g/mol. The van der Waals surface area contributed by atoms with E-state index in [2.05, 4.69) is 6.92 Å². The van der Waals surface area contributed by atoms with Crippen molar-refractivity contribution in [3.63, 3.8) is 0 Å². The topological polar surface area (TPSA) is 54.4 Å².